The third kappa shape index (κ3) is 4.42. The van der Waals surface area contributed by atoms with Crippen molar-refractivity contribution in [2.24, 2.45) is 5.92 Å². The summed E-state index contributed by atoms with van der Waals surface area (Å²) in [6.07, 6.45) is 1.76. The maximum atomic E-state index is 14.1. The number of likely N-dealkylation sites (tertiary alicyclic amines) is 1. The fourth-order valence-corrected chi connectivity index (χ4v) is 8.53. The molecule has 1 aromatic heterocycles. The van der Waals surface area contributed by atoms with E-state index in [-0.39, 0.29) is 22.4 Å². The van der Waals surface area contributed by atoms with Crippen molar-refractivity contribution < 1.29 is 26.4 Å². The number of aryl methyl sites for hydroxylation is 1. The average molecular weight is 553 g/mol. The van der Waals surface area contributed by atoms with Gasteiger partial charge in [-0.25, -0.2) is 20.8 Å². The van der Waals surface area contributed by atoms with Crippen LogP contribution in [0, 0.1) is 12.8 Å². The van der Waals surface area contributed by atoms with E-state index >= 15 is 0 Å². The Bertz CT molecular complexity index is 1700. The fourth-order valence-electron chi connectivity index (χ4n) is 5.13. The molecule has 2 heterocycles. The van der Waals surface area contributed by atoms with Gasteiger partial charge < -0.3 is 9.64 Å². The molecule has 1 aliphatic rings. The number of hydrogen-bond donors (Lipinski definition) is 0. The Morgan fingerprint density at radius 2 is 1.61 bits per heavy atom. The van der Waals surface area contributed by atoms with Gasteiger partial charge in [0.25, 0.3) is 10.0 Å². The second-order valence-corrected chi connectivity index (χ2v) is 13.3. The van der Waals surface area contributed by atoms with Gasteiger partial charge in [0.1, 0.15) is 12.0 Å². The number of ether oxygens (including phenoxy) is 1. The molecule has 1 saturated heterocycles. The van der Waals surface area contributed by atoms with E-state index in [1.807, 2.05) is 6.92 Å². The summed E-state index contributed by atoms with van der Waals surface area (Å²) in [5.74, 6) is -1.15. The van der Waals surface area contributed by atoms with E-state index < -0.39 is 31.0 Å². The van der Waals surface area contributed by atoms with Crippen LogP contribution < -0.4 is 0 Å². The molecule has 10 heteroatoms. The van der Waals surface area contributed by atoms with Gasteiger partial charge in [0.05, 0.1) is 21.2 Å². The Hall–Kier alpha value is -3.47. The molecule has 1 aliphatic heterocycles. The van der Waals surface area contributed by atoms with Crippen LogP contribution in [0.1, 0.15) is 22.8 Å². The fraction of sp³-hybridized carbons (Fsp3) is 0.250. The molecule has 4 aromatic rings. The third-order valence-electron chi connectivity index (χ3n) is 7.01. The predicted molar refractivity (Wildman–Crippen MR) is 144 cm³/mol. The smallest absolute Gasteiger partial charge is 0.268 e. The molecule has 38 heavy (non-hydrogen) atoms. The van der Waals surface area contributed by atoms with Crippen molar-refractivity contribution in [3.05, 3.63) is 96.2 Å². The van der Waals surface area contributed by atoms with Gasteiger partial charge in [-0.05, 0) is 55.3 Å². The van der Waals surface area contributed by atoms with Gasteiger partial charge in [0.15, 0.2) is 9.84 Å². The second kappa shape index (κ2) is 10.0. The number of methoxy groups -OCH3 is 1. The van der Waals surface area contributed by atoms with E-state index in [0.717, 1.165) is 9.54 Å². The maximum absolute atomic E-state index is 14.1. The summed E-state index contributed by atoms with van der Waals surface area (Å²) in [5.41, 5.74) is 1.67. The monoisotopic (exact) mass is 552 g/mol. The van der Waals surface area contributed by atoms with Crippen molar-refractivity contribution >= 4 is 36.7 Å². The first kappa shape index (κ1) is 26.1. The van der Waals surface area contributed by atoms with Crippen molar-refractivity contribution in [2.45, 2.75) is 28.4 Å². The summed E-state index contributed by atoms with van der Waals surface area (Å²) in [5, 5.41) is -0.744. The quantitative estimate of drug-likeness (QED) is 0.325. The number of benzene rings is 3. The van der Waals surface area contributed by atoms with Crippen LogP contribution in [0.15, 0.2) is 94.9 Å². The lowest BCUT2D eigenvalue weighted by atomic mass is 9.95. The lowest BCUT2D eigenvalue weighted by Crippen LogP contribution is -2.33. The SMILES string of the molecule is COCN1CCC(C(c2cccc3c2ccn3S(=O)(=O)c2ccc(C)cc2)S(=O)(=O)c2ccccc2)C1=O. The number of nitrogens with zero attached hydrogens (tertiary/aromatic N) is 2. The zero-order chi connectivity index (χ0) is 27.1. The Labute approximate surface area is 222 Å². The summed E-state index contributed by atoms with van der Waals surface area (Å²) in [6, 6.07) is 21.1. The number of carbonyl (C=O) groups is 1. The van der Waals surface area contributed by atoms with Crippen LogP contribution in [0.25, 0.3) is 10.9 Å². The summed E-state index contributed by atoms with van der Waals surface area (Å²) >= 11 is 0. The Balaban J connectivity index is 1.69. The molecule has 1 amide bonds. The van der Waals surface area contributed by atoms with Crippen LogP contribution in [0.5, 0.6) is 0 Å². The van der Waals surface area contributed by atoms with Gasteiger partial charge in [-0.3, -0.25) is 4.79 Å². The van der Waals surface area contributed by atoms with Crippen molar-refractivity contribution in [3.8, 4) is 0 Å². The standard InChI is InChI=1S/C28H28N2O6S2/c1-20-11-13-22(14-12-20)38(34,35)30-18-16-23-24(9-6-10-26(23)30)27(25-15-17-29(19-36-2)28(25)31)37(32,33)21-7-4-3-5-8-21/h3-14,16,18,25,27H,15,17,19H2,1-2H3. The molecule has 0 aliphatic carbocycles. The summed E-state index contributed by atoms with van der Waals surface area (Å²) in [4.78, 5) is 15.1. The average Bonchev–Trinajstić information content (AvgIpc) is 3.50. The van der Waals surface area contributed by atoms with Crippen LogP contribution in [0.3, 0.4) is 0 Å². The molecule has 8 nitrogen and oxygen atoms in total. The highest BCUT2D eigenvalue weighted by Gasteiger charge is 2.45. The summed E-state index contributed by atoms with van der Waals surface area (Å²) in [7, 11) is -6.49. The molecule has 198 valence electrons. The number of carbonyl (C=O) groups excluding carboxylic acids is 1. The molecule has 0 bridgehead atoms. The van der Waals surface area contributed by atoms with E-state index in [9.17, 15) is 21.6 Å². The number of amides is 1. The van der Waals surface area contributed by atoms with Gasteiger partial charge in [0.2, 0.25) is 5.91 Å². The van der Waals surface area contributed by atoms with Gasteiger partial charge in [-0.1, -0.05) is 48.0 Å². The molecule has 0 N–H and O–H groups in total. The first-order valence-corrected chi connectivity index (χ1v) is 15.1. The number of fused-ring (bicyclic) bond motifs is 1. The highest BCUT2D eigenvalue weighted by atomic mass is 32.2. The van der Waals surface area contributed by atoms with Crippen molar-refractivity contribution in [1.82, 2.24) is 8.87 Å². The Kier molecular flexibility index (Phi) is 6.89. The minimum absolute atomic E-state index is 0.0722. The largest absolute Gasteiger partial charge is 0.364 e. The zero-order valence-electron chi connectivity index (χ0n) is 21.0. The van der Waals surface area contributed by atoms with Gasteiger partial charge in [-0.2, -0.15) is 0 Å². The Morgan fingerprint density at radius 1 is 0.895 bits per heavy atom. The predicted octanol–water partition coefficient (Wildman–Crippen LogP) is 4.15. The lowest BCUT2D eigenvalue weighted by Gasteiger charge is -2.25. The van der Waals surface area contributed by atoms with Crippen molar-refractivity contribution in [2.75, 3.05) is 20.4 Å². The van der Waals surface area contributed by atoms with E-state index in [2.05, 4.69) is 0 Å². The molecule has 2 atom stereocenters. The summed E-state index contributed by atoms with van der Waals surface area (Å²) < 4.78 is 61.5. The molecule has 1 fully saturated rings. The maximum Gasteiger partial charge on any atom is 0.268 e. The van der Waals surface area contributed by atoms with Crippen molar-refractivity contribution in [3.63, 3.8) is 0 Å². The van der Waals surface area contributed by atoms with E-state index in [0.29, 0.717) is 29.4 Å². The van der Waals surface area contributed by atoms with Crippen LogP contribution in [-0.4, -0.2) is 52.0 Å². The molecular weight excluding hydrogens is 524 g/mol. The zero-order valence-corrected chi connectivity index (χ0v) is 22.7. The second-order valence-electron chi connectivity index (χ2n) is 9.40. The molecular formula is C28H28N2O6S2. The van der Waals surface area contributed by atoms with Gasteiger partial charge >= 0.3 is 0 Å². The van der Waals surface area contributed by atoms with Crippen LogP contribution in [-0.2, 0) is 29.4 Å². The molecule has 2 unspecified atom stereocenters. The van der Waals surface area contributed by atoms with E-state index in [1.54, 1.807) is 66.7 Å². The van der Waals surface area contributed by atoms with Crippen LogP contribution in [0.4, 0.5) is 0 Å². The topological polar surface area (TPSA) is 103 Å². The lowest BCUT2D eigenvalue weighted by molar-refractivity contribution is -0.134. The highest BCUT2D eigenvalue weighted by Crippen LogP contribution is 2.43. The first-order valence-electron chi connectivity index (χ1n) is 12.1. The van der Waals surface area contributed by atoms with Crippen molar-refractivity contribution in [1.29, 1.82) is 0 Å². The van der Waals surface area contributed by atoms with E-state index in [4.69, 9.17) is 4.74 Å². The Morgan fingerprint density at radius 3 is 2.29 bits per heavy atom. The molecule has 0 saturated carbocycles. The minimum Gasteiger partial charge on any atom is -0.364 e. The number of sulfone groups is 1. The molecule has 5 rings (SSSR count). The minimum atomic E-state index is -4.03. The highest BCUT2D eigenvalue weighted by molar-refractivity contribution is 7.91. The van der Waals surface area contributed by atoms with E-state index in [1.165, 1.54) is 30.3 Å². The summed E-state index contributed by atoms with van der Waals surface area (Å²) in [6.45, 7) is 2.32. The number of hydrogen-bond acceptors (Lipinski definition) is 6. The van der Waals surface area contributed by atoms with Gasteiger partial charge in [0, 0.05) is 25.2 Å². The molecule has 0 radical (unpaired) electrons. The normalized spacial score (nSPS) is 17.3. The third-order valence-corrected chi connectivity index (χ3v) is 10.9. The van der Waals surface area contributed by atoms with Gasteiger partial charge in [-0.15, -0.1) is 0 Å². The number of aromatic nitrogens is 1. The van der Waals surface area contributed by atoms with Crippen LogP contribution >= 0.6 is 0 Å². The first-order chi connectivity index (χ1) is 18.2. The molecule has 3 aromatic carbocycles. The van der Waals surface area contributed by atoms with Crippen LogP contribution in [0.2, 0.25) is 0 Å². The molecule has 0 spiro atoms. The number of rotatable bonds is 8.